The molecule has 4 aromatic rings. The summed E-state index contributed by atoms with van der Waals surface area (Å²) in [6.45, 7) is 2.10. The summed E-state index contributed by atoms with van der Waals surface area (Å²) in [6, 6.07) is 22.8. The van der Waals surface area contributed by atoms with E-state index in [9.17, 15) is 9.59 Å². The number of benzene rings is 3. The van der Waals surface area contributed by atoms with Crippen molar-refractivity contribution in [3.63, 3.8) is 0 Å². The first kappa shape index (κ1) is 19.8. The van der Waals surface area contributed by atoms with Gasteiger partial charge in [0, 0.05) is 12.6 Å². The Hall–Kier alpha value is -3.51. The zero-order chi connectivity index (χ0) is 21.1. The average molecular weight is 417 g/mol. The van der Waals surface area contributed by atoms with Gasteiger partial charge < -0.3 is 9.30 Å². The van der Waals surface area contributed by atoms with Gasteiger partial charge in [0.25, 0.3) is 5.91 Å². The molecular weight excluding hydrogens is 396 g/mol. The molecule has 0 aliphatic heterocycles. The number of aryl methyl sites for hydroxylation is 1. The fourth-order valence-electron chi connectivity index (χ4n) is 3.17. The number of esters is 1. The van der Waals surface area contributed by atoms with Crippen LogP contribution in [0.1, 0.15) is 27.6 Å². The minimum atomic E-state index is -0.358. The van der Waals surface area contributed by atoms with Crippen LogP contribution in [0.4, 0.5) is 0 Å². The summed E-state index contributed by atoms with van der Waals surface area (Å²) in [5.74, 6) is -0.661. The maximum Gasteiger partial charge on any atom is 0.338 e. The number of nitrogens with zero attached hydrogens (tertiary/aromatic N) is 2. The standard InChI is InChI=1S/C24H20N2O3S/c1-3-29-23(28)19-13-14-20-21(15-19)30-24(26(20)2)25-22(27)18-11-9-17(10-12-18)16-7-5-4-6-8-16/h4-15H,3H2,1-2H3. The second-order valence-corrected chi connectivity index (χ2v) is 7.72. The van der Waals surface area contributed by atoms with E-state index in [-0.39, 0.29) is 11.9 Å². The van der Waals surface area contributed by atoms with Crippen LogP contribution in [0, 0.1) is 0 Å². The van der Waals surface area contributed by atoms with E-state index in [0.717, 1.165) is 21.3 Å². The molecule has 0 aliphatic rings. The van der Waals surface area contributed by atoms with Gasteiger partial charge >= 0.3 is 5.97 Å². The van der Waals surface area contributed by atoms with Crippen LogP contribution in [-0.2, 0) is 11.8 Å². The van der Waals surface area contributed by atoms with E-state index < -0.39 is 0 Å². The van der Waals surface area contributed by atoms with E-state index >= 15 is 0 Å². The number of carbonyl (C=O) groups is 2. The van der Waals surface area contributed by atoms with E-state index in [0.29, 0.717) is 22.5 Å². The maximum atomic E-state index is 12.7. The van der Waals surface area contributed by atoms with Crippen molar-refractivity contribution in [2.75, 3.05) is 6.61 Å². The number of aromatic nitrogens is 1. The predicted molar refractivity (Wildman–Crippen MR) is 119 cm³/mol. The third kappa shape index (κ3) is 3.95. The average Bonchev–Trinajstić information content (AvgIpc) is 3.09. The molecule has 150 valence electrons. The molecule has 1 aromatic heterocycles. The third-order valence-corrected chi connectivity index (χ3v) is 5.85. The lowest BCUT2D eigenvalue weighted by molar-refractivity contribution is 0.0526. The van der Waals surface area contributed by atoms with Gasteiger partial charge in [0.15, 0.2) is 4.80 Å². The van der Waals surface area contributed by atoms with Crippen molar-refractivity contribution < 1.29 is 14.3 Å². The molecule has 0 saturated heterocycles. The summed E-state index contributed by atoms with van der Waals surface area (Å²) in [5, 5.41) is 0. The Morgan fingerprint density at radius 1 is 0.933 bits per heavy atom. The molecule has 0 radical (unpaired) electrons. The van der Waals surface area contributed by atoms with Gasteiger partial charge in [-0.2, -0.15) is 4.99 Å². The SMILES string of the molecule is CCOC(=O)c1ccc2c(c1)sc(=NC(=O)c1ccc(-c3ccccc3)cc1)n2C. The van der Waals surface area contributed by atoms with Crippen molar-refractivity contribution in [2.45, 2.75) is 6.92 Å². The maximum absolute atomic E-state index is 12.7. The Kier molecular flexibility index (Phi) is 5.59. The van der Waals surface area contributed by atoms with Crippen molar-refractivity contribution in [3.8, 4) is 11.1 Å². The van der Waals surface area contributed by atoms with Crippen LogP contribution >= 0.6 is 11.3 Å². The van der Waals surface area contributed by atoms with E-state index in [1.165, 1.54) is 11.3 Å². The topological polar surface area (TPSA) is 60.7 Å². The molecule has 1 heterocycles. The summed E-state index contributed by atoms with van der Waals surface area (Å²) in [4.78, 5) is 29.6. The largest absolute Gasteiger partial charge is 0.462 e. The first-order chi connectivity index (χ1) is 14.6. The first-order valence-corrected chi connectivity index (χ1v) is 10.4. The summed E-state index contributed by atoms with van der Waals surface area (Å²) < 4.78 is 7.78. The van der Waals surface area contributed by atoms with E-state index in [2.05, 4.69) is 4.99 Å². The quantitative estimate of drug-likeness (QED) is 0.448. The second-order valence-electron chi connectivity index (χ2n) is 6.71. The minimum Gasteiger partial charge on any atom is -0.462 e. The smallest absolute Gasteiger partial charge is 0.338 e. The van der Waals surface area contributed by atoms with Gasteiger partial charge in [-0.3, -0.25) is 4.79 Å². The van der Waals surface area contributed by atoms with Crippen LogP contribution in [0.25, 0.3) is 21.3 Å². The molecule has 0 atom stereocenters. The van der Waals surface area contributed by atoms with Crippen LogP contribution in [-0.4, -0.2) is 23.1 Å². The molecule has 5 nitrogen and oxygen atoms in total. The van der Waals surface area contributed by atoms with E-state index in [1.807, 2.05) is 60.1 Å². The predicted octanol–water partition coefficient (Wildman–Crippen LogP) is 4.82. The van der Waals surface area contributed by atoms with Crippen molar-refractivity contribution in [1.82, 2.24) is 4.57 Å². The van der Waals surface area contributed by atoms with Crippen LogP contribution in [0.2, 0.25) is 0 Å². The zero-order valence-corrected chi connectivity index (χ0v) is 17.5. The lowest BCUT2D eigenvalue weighted by Gasteiger charge is -2.02. The number of hydrogen-bond donors (Lipinski definition) is 0. The van der Waals surface area contributed by atoms with Gasteiger partial charge in [-0.1, -0.05) is 53.8 Å². The van der Waals surface area contributed by atoms with Crippen LogP contribution in [0.5, 0.6) is 0 Å². The molecule has 0 unspecified atom stereocenters. The van der Waals surface area contributed by atoms with Crippen molar-refractivity contribution >= 4 is 33.4 Å². The van der Waals surface area contributed by atoms with Crippen LogP contribution in [0.3, 0.4) is 0 Å². The first-order valence-electron chi connectivity index (χ1n) is 9.58. The van der Waals surface area contributed by atoms with Gasteiger partial charge in [0.2, 0.25) is 0 Å². The number of carbonyl (C=O) groups excluding carboxylic acids is 2. The molecule has 0 N–H and O–H groups in total. The molecular formula is C24H20N2O3S. The summed E-state index contributed by atoms with van der Waals surface area (Å²) in [7, 11) is 1.85. The Bertz CT molecular complexity index is 1290. The van der Waals surface area contributed by atoms with Crippen molar-refractivity contribution in [2.24, 2.45) is 12.0 Å². The molecule has 30 heavy (non-hydrogen) atoms. The van der Waals surface area contributed by atoms with Crippen molar-refractivity contribution in [3.05, 3.63) is 88.7 Å². The summed E-state index contributed by atoms with van der Waals surface area (Å²) in [6.07, 6.45) is 0. The Labute approximate surface area is 177 Å². The third-order valence-electron chi connectivity index (χ3n) is 4.76. The highest BCUT2D eigenvalue weighted by molar-refractivity contribution is 7.16. The Morgan fingerprint density at radius 3 is 2.30 bits per heavy atom. The number of thiazole rings is 1. The lowest BCUT2D eigenvalue weighted by atomic mass is 10.0. The monoisotopic (exact) mass is 416 g/mol. The zero-order valence-electron chi connectivity index (χ0n) is 16.7. The number of hydrogen-bond acceptors (Lipinski definition) is 4. The van der Waals surface area contributed by atoms with Gasteiger partial charge in [-0.05, 0) is 48.4 Å². The summed E-state index contributed by atoms with van der Waals surface area (Å²) >= 11 is 1.36. The number of amides is 1. The molecule has 0 spiro atoms. The molecule has 0 fully saturated rings. The Morgan fingerprint density at radius 2 is 1.60 bits per heavy atom. The Balaban J connectivity index is 1.64. The van der Waals surface area contributed by atoms with Gasteiger partial charge in [0.05, 0.1) is 22.4 Å². The van der Waals surface area contributed by atoms with E-state index in [1.54, 1.807) is 31.2 Å². The van der Waals surface area contributed by atoms with Gasteiger partial charge in [-0.15, -0.1) is 0 Å². The minimum absolute atomic E-state index is 0.303. The fourth-order valence-corrected chi connectivity index (χ4v) is 4.23. The highest BCUT2D eigenvalue weighted by Crippen LogP contribution is 2.21. The fraction of sp³-hybridized carbons (Fsp3) is 0.125. The molecule has 0 saturated carbocycles. The molecule has 4 rings (SSSR count). The van der Waals surface area contributed by atoms with Crippen LogP contribution < -0.4 is 4.80 Å². The van der Waals surface area contributed by atoms with Gasteiger partial charge in [0.1, 0.15) is 0 Å². The second kappa shape index (κ2) is 8.47. The molecule has 6 heteroatoms. The summed E-state index contributed by atoms with van der Waals surface area (Å²) in [5.41, 5.74) is 4.06. The number of rotatable bonds is 4. The lowest BCUT2D eigenvalue weighted by Crippen LogP contribution is -2.13. The number of fused-ring (bicyclic) bond motifs is 1. The normalized spacial score (nSPS) is 11.6. The highest BCUT2D eigenvalue weighted by atomic mass is 32.1. The van der Waals surface area contributed by atoms with Gasteiger partial charge in [-0.25, -0.2) is 4.79 Å². The van der Waals surface area contributed by atoms with Crippen molar-refractivity contribution in [1.29, 1.82) is 0 Å². The molecule has 1 amide bonds. The van der Waals surface area contributed by atoms with Crippen LogP contribution in [0.15, 0.2) is 77.8 Å². The molecule has 0 bridgehead atoms. The molecule has 3 aromatic carbocycles. The van der Waals surface area contributed by atoms with E-state index in [4.69, 9.17) is 4.74 Å². The highest BCUT2D eigenvalue weighted by Gasteiger charge is 2.11. The molecule has 0 aliphatic carbocycles. The number of ether oxygens (including phenoxy) is 1.